The highest BCUT2D eigenvalue weighted by Gasteiger charge is 2.26. The molecular formula is C16H16O3. The molecule has 1 aliphatic heterocycles. The van der Waals surface area contributed by atoms with Crippen molar-refractivity contribution in [2.75, 3.05) is 6.61 Å². The van der Waals surface area contributed by atoms with Gasteiger partial charge in [0.15, 0.2) is 0 Å². The van der Waals surface area contributed by atoms with Crippen molar-refractivity contribution in [3.63, 3.8) is 0 Å². The molecule has 1 rings (SSSR count). The van der Waals surface area contributed by atoms with E-state index < -0.39 is 0 Å². The van der Waals surface area contributed by atoms with E-state index in [2.05, 4.69) is 35.5 Å². The molecule has 0 aromatic carbocycles. The first-order chi connectivity index (χ1) is 9.24. The maximum Gasteiger partial charge on any atom is 0.303 e. The summed E-state index contributed by atoms with van der Waals surface area (Å²) in [5.41, 5.74) is 0. The van der Waals surface area contributed by atoms with E-state index in [0.717, 1.165) is 12.8 Å². The van der Waals surface area contributed by atoms with Crippen LogP contribution in [-0.2, 0) is 14.3 Å². The van der Waals surface area contributed by atoms with Crippen molar-refractivity contribution in [2.45, 2.75) is 38.9 Å². The SMILES string of the molecule is CC#CC#CC#CC=CC1OCCCC1OC(C)=O. The van der Waals surface area contributed by atoms with E-state index in [1.807, 2.05) is 0 Å². The molecular weight excluding hydrogens is 240 g/mol. The van der Waals surface area contributed by atoms with Crippen LogP contribution < -0.4 is 0 Å². The number of esters is 1. The van der Waals surface area contributed by atoms with Gasteiger partial charge in [-0.05, 0) is 55.6 Å². The number of ether oxygens (including phenoxy) is 2. The minimum atomic E-state index is -0.288. The van der Waals surface area contributed by atoms with Gasteiger partial charge in [-0.3, -0.25) is 4.79 Å². The van der Waals surface area contributed by atoms with Crippen LogP contribution in [0.4, 0.5) is 0 Å². The smallest absolute Gasteiger partial charge is 0.303 e. The summed E-state index contributed by atoms with van der Waals surface area (Å²) in [5, 5.41) is 0. The average Bonchev–Trinajstić information content (AvgIpc) is 2.39. The van der Waals surface area contributed by atoms with Crippen LogP contribution in [0.15, 0.2) is 12.2 Å². The molecule has 0 saturated carbocycles. The molecule has 19 heavy (non-hydrogen) atoms. The molecule has 0 amide bonds. The first-order valence-electron chi connectivity index (χ1n) is 6.12. The Morgan fingerprint density at radius 2 is 2.11 bits per heavy atom. The fourth-order valence-corrected chi connectivity index (χ4v) is 1.64. The van der Waals surface area contributed by atoms with Crippen LogP contribution in [0.5, 0.6) is 0 Å². The minimum Gasteiger partial charge on any atom is -0.459 e. The lowest BCUT2D eigenvalue weighted by molar-refractivity contribution is -0.157. The third-order valence-corrected chi connectivity index (χ3v) is 2.38. The molecule has 1 heterocycles. The van der Waals surface area contributed by atoms with Crippen molar-refractivity contribution in [1.82, 2.24) is 0 Å². The van der Waals surface area contributed by atoms with Gasteiger partial charge in [0.1, 0.15) is 12.2 Å². The van der Waals surface area contributed by atoms with Gasteiger partial charge >= 0.3 is 5.97 Å². The monoisotopic (exact) mass is 256 g/mol. The highest BCUT2D eigenvalue weighted by Crippen LogP contribution is 2.18. The van der Waals surface area contributed by atoms with E-state index in [-0.39, 0.29) is 18.2 Å². The summed E-state index contributed by atoms with van der Waals surface area (Å²) < 4.78 is 10.8. The topological polar surface area (TPSA) is 35.5 Å². The summed E-state index contributed by atoms with van der Waals surface area (Å²) in [4.78, 5) is 11.0. The van der Waals surface area contributed by atoms with Gasteiger partial charge in [-0.2, -0.15) is 0 Å². The normalized spacial score (nSPS) is 21.2. The molecule has 3 heteroatoms. The maximum absolute atomic E-state index is 11.0. The van der Waals surface area contributed by atoms with Gasteiger partial charge in [0, 0.05) is 13.5 Å². The number of hydrogen-bond donors (Lipinski definition) is 0. The zero-order chi connectivity index (χ0) is 13.9. The highest BCUT2D eigenvalue weighted by atomic mass is 16.6. The summed E-state index contributed by atoms with van der Waals surface area (Å²) in [5.74, 6) is 15.6. The predicted molar refractivity (Wildman–Crippen MR) is 72.7 cm³/mol. The fraction of sp³-hybridized carbons (Fsp3) is 0.438. The van der Waals surface area contributed by atoms with Crippen molar-refractivity contribution >= 4 is 5.97 Å². The number of hydrogen-bond acceptors (Lipinski definition) is 3. The zero-order valence-electron chi connectivity index (χ0n) is 11.2. The maximum atomic E-state index is 11.0. The first-order valence-corrected chi connectivity index (χ1v) is 6.12. The van der Waals surface area contributed by atoms with E-state index in [1.165, 1.54) is 6.92 Å². The Kier molecular flexibility index (Phi) is 6.96. The third-order valence-electron chi connectivity index (χ3n) is 2.38. The van der Waals surface area contributed by atoms with Gasteiger partial charge in [-0.25, -0.2) is 0 Å². The Morgan fingerprint density at radius 1 is 1.32 bits per heavy atom. The van der Waals surface area contributed by atoms with E-state index >= 15 is 0 Å². The summed E-state index contributed by atoms with van der Waals surface area (Å²) in [6, 6.07) is 0. The van der Waals surface area contributed by atoms with Crippen LogP contribution in [-0.4, -0.2) is 24.8 Å². The lowest BCUT2D eigenvalue weighted by Gasteiger charge is -2.28. The Labute approximate surface area is 114 Å². The molecule has 0 radical (unpaired) electrons. The van der Waals surface area contributed by atoms with E-state index in [1.54, 1.807) is 19.1 Å². The van der Waals surface area contributed by atoms with Crippen LogP contribution >= 0.6 is 0 Å². The highest BCUT2D eigenvalue weighted by molar-refractivity contribution is 5.66. The zero-order valence-corrected chi connectivity index (χ0v) is 11.2. The summed E-state index contributed by atoms with van der Waals surface area (Å²) in [6.45, 7) is 3.79. The largest absolute Gasteiger partial charge is 0.459 e. The standard InChI is InChI=1S/C16H16O3/c1-3-4-5-6-7-8-9-11-15-16(19-14(2)17)12-10-13-18-15/h9,11,15-16H,10,12-13H2,1-2H3. The van der Waals surface area contributed by atoms with Gasteiger partial charge < -0.3 is 9.47 Å². The predicted octanol–water partition coefficient (Wildman–Crippen LogP) is 1.68. The lowest BCUT2D eigenvalue weighted by atomic mass is 10.1. The molecule has 0 aromatic heterocycles. The Bertz CT molecular complexity index is 511. The fourth-order valence-electron chi connectivity index (χ4n) is 1.64. The summed E-state index contributed by atoms with van der Waals surface area (Å²) >= 11 is 0. The number of allylic oxidation sites excluding steroid dienone is 1. The van der Waals surface area contributed by atoms with E-state index in [0.29, 0.717) is 6.61 Å². The van der Waals surface area contributed by atoms with E-state index in [4.69, 9.17) is 9.47 Å². The molecule has 2 atom stereocenters. The summed E-state index contributed by atoms with van der Waals surface area (Å²) in [7, 11) is 0. The third kappa shape index (κ3) is 6.37. The Morgan fingerprint density at radius 3 is 2.84 bits per heavy atom. The summed E-state index contributed by atoms with van der Waals surface area (Å²) in [6.07, 6.45) is 4.73. The second-order valence-corrected chi connectivity index (χ2v) is 3.88. The Hall–Kier alpha value is -2.15. The average molecular weight is 256 g/mol. The van der Waals surface area contributed by atoms with Gasteiger partial charge in [0.25, 0.3) is 0 Å². The quantitative estimate of drug-likeness (QED) is 0.557. The molecule has 3 nitrogen and oxygen atoms in total. The molecule has 0 aliphatic carbocycles. The van der Waals surface area contributed by atoms with Gasteiger partial charge in [-0.15, -0.1) is 0 Å². The number of rotatable bonds is 2. The number of carbonyl (C=O) groups excluding carboxylic acids is 1. The van der Waals surface area contributed by atoms with Crippen molar-refractivity contribution in [2.24, 2.45) is 0 Å². The van der Waals surface area contributed by atoms with Crippen LogP contribution in [0.2, 0.25) is 0 Å². The first kappa shape index (κ1) is 14.9. The molecule has 0 bridgehead atoms. The lowest BCUT2D eigenvalue weighted by Crippen LogP contribution is -2.35. The van der Waals surface area contributed by atoms with Crippen molar-refractivity contribution in [1.29, 1.82) is 0 Å². The number of carbonyl (C=O) groups is 1. The molecule has 2 unspecified atom stereocenters. The molecule has 0 N–H and O–H groups in total. The van der Waals surface area contributed by atoms with Crippen LogP contribution in [0.25, 0.3) is 0 Å². The van der Waals surface area contributed by atoms with E-state index in [9.17, 15) is 4.79 Å². The molecule has 0 spiro atoms. The second kappa shape index (κ2) is 8.87. The second-order valence-electron chi connectivity index (χ2n) is 3.88. The molecule has 1 aliphatic rings. The minimum absolute atomic E-state index is 0.221. The van der Waals surface area contributed by atoms with Gasteiger partial charge in [-0.1, -0.05) is 11.8 Å². The molecule has 0 aromatic rings. The Balaban J connectivity index is 2.54. The van der Waals surface area contributed by atoms with Crippen LogP contribution in [0.3, 0.4) is 0 Å². The molecule has 1 fully saturated rings. The van der Waals surface area contributed by atoms with Crippen molar-refractivity contribution < 1.29 is 14.3 Å². The van der Waals surface area contributed by atoms with Gasteiger partial charge in [0.05, 0.1) is 0 Å². The van der Waals surface area contributed by atoms with Crippen molar-refractivity contribution in [3.05, 3.63) is 12.2 Å². The van der Waals surface area contributed by atoms with Crippen LogP contribution in [0, 0.1) is 35.5 Å². The van der Waals surface area contributed by atoms with Crippen LogP contribution in [0.1, 0.15) is 26.7 Å². The van der Waals surface area contributed by atoms with Crippen molar-refractivity contribution in [3.8, 4) is 35.5 Å². The molecule has 98 valence electrons. The van der Waals surface area contributed by atoms with Gasteiger partial charge in [0.2, 0.25) is 0 Å². The molecule has 1 saturated heterocycles.